The third-order valence-corrected chi connectivity index (χ3v) is 4.25. The van der Waals surface area contributed by atoms with E-state index in [0.717, 1.165) is 0 Å². The first-order chi connectivity index (χ1) is 9.92. The molecule has 1 N–H and O–H groups in total. The minimum Gasteiger partial charge on any atom is -0.364 e. The summed E-state index contributed by atoms with van der Waals surface area (Å²) >= 11 is 0. The van der Waals surface area contributed by atoms with E-state index in [-0.39, 0.29) is 0 Å². The van der Waals surface area contributed by atoms with Gasteiger partial charge in [0.2, 0.25) is 0 Å². The maximum atomic E-state index is 3.42. The molecule has 0 bridgehead atoms. The number of aryl methyl sites for hydroxylation is 1. The average Bonchev–Trinajstić information content (AvgIpc) is 3.11. The van der Waals surface area contributed by atoms with E-state index in [1.54, 1.807) is 0 Å². The van der Waals surface area contributed by atoms with E-state index in [9.17, 15) is 0 Å². The molecule has 1 aromatic rings. The predicted molar refractivity (Wildman–Crippen MR) is 88.1 cm³/mol. The molecule has 2 rings (SSSR count). The Labute approximate surface area is 124 Å². The lowest BCUT2D eigenvalue weighted by molar-refractivity contribution is 0.575. The standard InChI is InChI=1S/C19H29N/c1-2-3-4-5-6-7-8-9-12-18-15-16-20-19(18)17-13-10-11-14-17/h10-11,13-17,20H,2-9,12H2,1H3. The van der Waals surface area contributed by atoms with Gasteiger partial charge in [-0.1, -0.05) is 76.2 Å². The van der Waals surface area contributed by atoms with Crippen LogP contribution in [0.25, 0.3) is 0 Å². The molecule has 0 fully saturated rings. The molecule has 1 heterocycles. The molecule has 110 valence electrons. The first kappa shape index (κ1) is 15.2. The summed E-state index contributed by atoms with van der Waals surface area (Å²) in [6, 6.07) is 2.26. The number of aromatic nitrogens is 1. The van der Waals surface area contributed by atoms with E-state index in [1.165, 1.54) is 69.0 Å². The summed E-state index contributed by atoms with van der Waals surface area (Å²) in [7, 11) is 0. The minimum atomic E-state index is 0.481. The second kappa shape index (κ2) is 8.84. The van der Waals surface area contributed by atoms with Crippen LogP contribution in [0.15, 0.2) is 36.6 Å². The van der Waals surface area contributed by atoms with E-state index in [1.807, 2.05) is 0 Å². The number of aromatic amines is 1. The van der Waals surface area contributed by atoms with Crippen molar-refractivity contribution in [3.8, 4) is 0 Å². The van der Waals surface area contributed by atoms with Crippen LogP contribution in [0.5, 0.6) is 0 Å². The summed E-state index contributed by atoms with van der Waals surface area (Å²) in [5.41, 5.74) is 2.91. The summed E-state index contributed by atoms with van der Waals surface area (Å²) in [6.45, 7) is 2.28. The molecule has 0 saturated carbocycles. The predicted octanol–water partition coefficient (Wildman–Crippen LogP) is 5.91. The first-order valence-corrected chi connectivity index (χ1v) is 8.43. The lowest BCUT2D eigenvalue weighted by Crippen LogP contribution is -1.96. The van der Waals surface area contributed by atoms with Crippen LogP contribution in [-0.2, 0) is 6.42 Å². The zero-order valence-corrected chi connectivity index (χ0v) is 12.9. The molecule has 0 unspecified atom stereocenters. The summed E-state index contributed by atoms with van der Waals surface area (Å²) in [6.07, 6.45) is 23.3. The topological polar surface area (TPSA) is 15.8 Å². The number of nitrogens with one attached hydrogen (secondary N) is 1. The fourth-order valence-electron chi connectivity index (χ4n) is 3.02. The van der Waals surface area contributed by atoms with E-state index >= 15 is 0 Å². The van der Waals surface area contributed by atoms with E-state index in [4.69, 9.17) is 0 Å². The SMILES string of the molecule is CCCCCCCCCCc1cc[nH]c1C1C=CC=C1. The summed E-state index contributed by atoms with van der Waals surface area (Å²) in [5, 5.41) is 0. The molecule has 0 amide bonds. The number of rotatable bonds is 10. The molecule has 1 aromatic heterocycles. The fraction of sp³-hybridized carbons (Fsp3) is 0.579. The van der Waals surface area contributed by atoms with Crippen molar-refractivity contribution < 1.29 is 0 Å². The number of hydrogen-bond acceptors (Lipinski definition) is 0. The van der Waals surface area contributed by atoms with Crippen molar-refractivity contribution in [2.24, 2.45) is 0 Å². The number of unbranched alkanes of at least 4 members (excludes halogenated alkanes) is 7. The van der Waals surface area contributed by atoms with Gasteiger partial charge in [-0.2, -0.15) is 0 Å². The van der Waals surface area contributed by atoms with Gasteiger partial charge in [-0.25, -0.2) is 0 Å². The van der Waals surface area contributed by atoms with Gasteiger partial charge in [-0.3, -0.25) is 0 Å². The highest BCUT2D eigenvalue weighted by molar-refractivity contribution is 5.36. The van der Waals surface area contributed by atoms with Gasteiger partial charge in [0.25, 0.3) is 0 Å². The Hall–Kier alpha value is -1.24. The third kappa shape index (κ3) is 4.70. The van der Waals surface area contributed by atoms with E-state index < -0.39 is 0 Å². The fourth-order valence-corrected chi connectivity index (χ4v) is 3.02. The maximum absolute atomic E-state index is 3.42. The first-order valence-electron chi connectivity index (χ1n) is 8.43. The minimum absolute atomic E-state index is 0.481. The Bertz CT molecular complexity index is 413. The van der Waals surface area contributed by atoms with Crippen molar-refractivity contribution in [2.45, 2.75) is 70.6 Å². The Morgan fingerprint density at radius 2 is 1.55 bits per heavy atom. The normalized spacial score (nSPS) is 14.4. The molecule has 0 saturated heterocycles. The Morgan fingerprint density at radius 1 is 0.900 bits per heavy atom. The largest absolute Gasteiger partial charge is 0.364 e. The number of hydrogen-bond donors (Lipinski definition) is 1. The molecule has 0 atom stereocenters. The highest BCUT2D eigenvalue weighted by Crippen LogP contribution is 2.26. The zero-order valence-electron chi connectivity index (χ0n) is 12.9. The van der Waals surface area contributed by atoms with Gasteiger partial charge in [0.1, 0.15) is 0 Å². The Morgan fingerprint density at radius 3 is 2.25 bits per heavy atom. The van der Waals surface area contributed by atoms with Crippen molar-refractivity contribution in [3.63, 3.8) is 0 Å². The van der Waals surface area contributed by atoms with Gasteiger partial charge in [0, 0.05) is 17.8 Å². The van der Waals surface area contributed by atoms with Crippen LogP contribution in [0, 0.1) is 0 Å². The molecule has 0 radical (unpaired) electrons. The van der Waals surface area contributed by atoms with Crippen LogP contribution in [0.2, 0.25) is 0 Å². The summed E-state index contributed by atoms with van der Waals surface area (Å²) in [4.78, 5) is 3.42. The van der Waals surface area contributed by atoms with Crippen LogP contribution in [0.3, 0.4) is 0 Å². The van der Waals surface area contributed by atoms with Crippen molar-refractivity contribution in [1.29, 1.82) is 0 Å². The van der Waals surface area contributed by atoms with Crippen LogP contribution in [-0.4, -0.2) is 4.98 Å². The van der Waals surface area contributed by atoms with Gasteiger partial charge in [-0.05, 0) is 24.5 Å². The zero-order chi connectivity index (χ0) is 14.0. The van der Waals surface area contributed by atoms with Crippen molar-refractivity contribution in [1.82, 2.24) is 4.98 Å². The van der Waals surface area contributed by atoms with Crippen LogP contribution in [0.4, 0.5) is 0 Å². The Balaban J connectivity index is 1.61. The molecule has 1 heteroatoms. The number of H-pyrrole nitrogens is 1. The quantitative estimate of drug-likeness (QED) is 0.509. The molecule has 1 aliphatic rings. The van der Waals surface area contributed by atoms with Crippen molar-refractivity contribution >= 4 is 0 Å². The average molecular weight is 271 g/mol. The molecule has 0 spiro atoms. The van der Waals surface area contributed by atoms with E-state index in [0.29, 0.717) is 5.92 Å². The Kier molecular flexibility index (Phi) is 6.70. The van der Waals surface area contributed by atoms with Gasteiger partial charge in [-0.15, -0.1) is 0 Å². The third-order valence-electron chi connectivity index (χ3n) is 4.25. The smallest absolute Gasteiger partial charge is 0.0359 e. The molecule has 1 aliphatic carbocycles. The lowest BCUT2D eigenvalue weighted by Gasteiger charge is -2.08. The van der Waals surface area contributed by atoms with Gasteiger partial charge in [0.15, 0.2) is 0 Å². The maximum Gasteiger partial charge on any atom is 0.0359 e. The second-order valence-electron chi connectivity index (χ2n) is 5.94. The van der Waals surface area contributed by atoms with E-state index in [2.05, 4.69) is 48.5 Å². The molecule has 0 aliphatic heterocycles. The summed E-state index contributed by atoms with van der Waals surface area (Å²) in [5.74, 6) is 0.481. The van der Waals surface area contributed by atoms with Gasteiger partial charge in [0.05, 0.1) is 0 Å². The van der Waals surface area contributed by atoms with Crippen LogP contribution >= 0.6 is 0 Å². The lowest BCUT2D eigenvalue weighted by atomic mass is 9.99. The molecular formula is C19H29N. The molecular weight excluding hydrogens is 242 g/mol. The van der Waals surface area contributed by atoms with Gasteiger partial charge < -0.3 is 4.98 Å². The number of allylic oxidation sites excluding steroid dienone is 4. The van der Waals surface area contributed by atoms with Crippen LogP contribution < -0.4 is 0 Å². The summed E-state index contributed by atoms with van der Waals surface area (Å²) < 4.78 is 0. The van der Waals surface area contributed by atoms with Gasteiger partial charge >= 0.3 is 0 Å². The van der Waals surface area contributed by atoms with Crippen molar-refractivity contribution in [2.75, 3.05) is 0 Å². The highest BCUT2D eigenvalue weighted by Gasteiger charge is 2.12. The van der Waals surface area contributed by atoms with Crippen molar-refractivity contribution in [3.05, 3.63) is 47.8 Å². The molecule has 1 nitrogen and oxygen atoms in total. The molecule has 0 aromatic carbocycles. The monoisotopic (exact) mass is 271 g/mol. The second-order valence-corrected chi connectivity index (χ2v) is 5.94. The molecule has 20 heavy (non-hydrogen) atoms. The highest BCUT2D eigenvalue weighted by atomic mass is 14.7. The van der Waals surface area contributed by atoms with Crippen LogP contribution in [0.1, 0.15) is 75.5 Å².